The van der Waals surface area contributed by atoms with E-state index in [1.165, 1.54) is 19.3 Å². The van der Waals surface area contributed by atoms with E-state index in [1.54, 1.807) is 0 Å². The summed E-state index contributed by atoms with van der Waals surface area (Å²) in [5.74, 6) is 0.524. The number of nitrogens with one attached hydrogen (secondary N) is 1. The molecule has 1 aliphatic carbocycles. The molecule has 0 radical (unpaired) electrons. The van der Waals surface area contributed by atoms with Crippen LogP contribution in [-0.2, 0) is 0 Å². The number of unbranched alkanes of at least 4 members (excludes halogenated alkanes) is 3. The van der Waals surface area contributed by atoms with Gasteiger partial charge in [0.1, 0.15) is 0 Å². The average molecular weight is 227 g/mol. The average Bonchev–Trinajstić information content (AvgIpc) is 3.07. The molecule has 0 aliphatic heterocycles. The van der Waals surface area contributed by atoms with Gasteiger partial charge in [-0.2, -0.15) is 0 Å². The van der Waals surface area contributed by atoms with Crippen molar-refractivity contribution in [2.24, 2.45) is 16.1 Å². The predicted octanol–water partition coefficient (Wildman–Crippen LogP) is 1.24. The number of rotatable bonds is 8. The lowest BCUT2D eigenvalue weighted by molar-refractivity contribution is 0.217. The van der Waals surface area contributed by atoms with Crippen LogP contribution < -0.4 is 11.1 Å². The summed E-state index contributed by atoms with van der Waals surface area (Å²) >= 11 is 0. The molecule has 16 heavy (non-hydrogen) atoms. The number of aliphatic imine (C=N–C) groups is 1. The van der Waals surface area contributed by atoms with Crippen LogP contribution in [0.2, 0.25) is 0 Å². The zero-order valence-electron chi connectivity index (χ0n) is 10.3. The van der Waals surface area contributed by atoms with E-state index >= 15 is 0 Å². The van der Waals surface area contributed by atoms with Gasteiger partial charge in [0.05, 0.1) is 13.2 Å². The SMILES string of the molecule is CCCCCCNC(N)=NCC1(CO)CC1. The van der Waals surface area contributed by atoms with Crippen molar-refractivity contribution in [1.29, 1.82) is 0 Å². The molecular weight excluding hydrogens is 202 g/mol. The van der Waals surface area contributed by atoms with E-state index in [-0.39, 0.29) is 12.0 Å². The highest BCUT2D eigenvalue weighted by Crippen LogP contribution is 2.45. The maximum atomic E-state index is 9.11. The Labute approximate surface area is 98.3 Å². The highest BCUT2D eigenvalue weighted by atomic mass is 16.3. The molecule has 0 bridgehead atoms. The number of hydrogen-bond acceptors (Lipinski definition) is 2. The van der Waals surface area contributed by atoms with E-state index in [4.69, 9.17) is 10.8 Å². The maximum Gasteiger partial charge on any atom is 0.188 e. The number of hydrogen-bond donors (Lipinski definition) is 3. The maximum absolute atomic E-state index is 9.11. The predicted molar refractivity (Wildman–Crippen MR) is 67.4 cm³/mol. The summed E-state index contributed by atoms with van der Waals surface area (Å²) in [6, 6.07) is 0. The molecule has 0 aromatic heterocycles. The highest BCUT2D eigenvalue weighted by Gasteiger charge is 2.41. The van der Waals surface area contributed by atoms with Gasteiger partial charge < -0.3 is 16.2 Å². The molecule has 1 aliphatic rings. The molecule has 0 aromatic rings. The first-order valence-corrected chi connectivity index (χ1v) is 6.37. The zero-order valence-corrected chi connectivity index (χ0v) is 10.3. The minimum absolute atomic E-state index is 0.0640. The van der Waals surface area contributed by atoms with Gasteiger partial charge in [-0.15, -0.1) is 0 Å². The van der Waals surface area contributed by atoms with E-state index in [9.17, 15) is 0 Å². The van der Waals surface area contributed by atoms with Crippen molar-refractivity contribution in [1.82, 2.24) is 5.32 Å². The Morgan fingerprint density at radius 1 is 1.38 bits per heavy atom. The van der Waals surface area contributed by atoms with Crippen molar-refractivity contribution in [3.63, 3.8) is 0 Å². The van der Waals surface area contributed by atoms with Gasteiger partial charge in [-0.1, -0.05) is 26.2 Å². The van der Waals surface area contributed by atoms with Crippen LogP contribution in [0.5, 0.6) is 0 Å². The molecule has 4 heteroatoms. The molecule has 0 heterocycles. The lowest BCUT2D eigenvalue weighted by Crippen LogP contribution is -2.33. The van der Waals surface area contributed by atoms with Crippen LogP contribution in [0.1, 0.15) is 45.4 Å². The molecule has 0 saturated heterocycles. The normalized spacial score (nSPS) is 18.5. The molecule has 1 fully saturated rings. The van der Waals surface area contributed by atoms with Crippen molar-refractivity contribution in [3.05, 3.63) is 0 Å². The first-order valence-electron chi connectivity index (χ1n) is 6.37. The Balaban J connectivity index is 2.05. The molecule has 0 aromatic carbocycles. The van der Waals surface area contributed by atoms with E-state index in [0.717, 1.165) is 25.8 Å². The third-order valence-corrected chi connectivity index (χ3v) is 3.21. The van der Waals surface area contributed by atoms with Gasteiger partial charge in [0.25, 0.3) is 0 Å². The van der Waals surface area contributed by atoms with Gasteiger partial charge in [-0.05, 0) is 19.3 Å². The van der Waals surface area contributed by atoms with Crippen molar-refractivity contribution in [2.45, 2.75) is 45.4 Å². The van der Waals surface area contributed by atoms with Crippen LogP contribution in [0.4, 0.5) is 0 Å². The quantitative estimate of drug-likeness (QED) is 0.332. The van der Waals surface area contributed by atoms with Crippen LogP contribution in [-0.4, -0.2) is 30.8 Å². The van der Waals surface area contributed by atoms with Crippen LogP contribution in [0.25, 0.3) is 0 Å². The lowest BCUT2D eigenvalue weighted by Gasteiger charge is -2.09. The summed E-state index contributed by atoms with van der Waals surface area (Å²) in [6.45, 7) is 4.01. The molecule has 0 spiro atoms. The fraction of sp³-hybridized carbons (Fsp3) is 0.917. The topological polar surface area (TPSA) is 70.6 Å². The standard InChI is InChI=1S/C12H25N3O/c1-2-3-4-5-8-14-11(13)15-9-12(10-16)6-7-12/h16H,2-10H2,1H3,(H3,13,14,15). The molecule has 1 saturated carbocycles. The van der Waals surface area contributed by atoms with E-state index in [1.807, 2.05) is 0 Å². The summed E-state index contributed by atoms with van der Waals surface area (Å²) < 4.78 is 0. The molecule has 0 amide bonds. The van der Waals surface area contributed by atoms with E-state index < -0.39 is 0 Å². The lowest BCUT2D eigenvalue weighted by atomic mass is 10.1. The third kappa shape index (κ3) is 4.84. The fourth-order valence-corrected chi connectivity index (χ4v) is 1.62. The monoisotopic (exact) mass is 227 g/mol. The molecule has 1 rings (SSSR count). The largest absolute Gasteiger partial charge is 0.396 e. The Bertz CT molecular complexity index is 224. The molecule has 0 unspecified atom stereocenters. The minimum Gasteiger partial charge on any atom is -0.396 e. The van der Waals surface area contributed by atoms with Crippen molar-refractivity contribution in [3.8, 4) is 0 Å². The van der Waals surface area contributed by atoms with E-state index in [0.29, 0.717) is 12.5 Å². The number of aliphatic hydroxyl groups is 1. The summed E-state index contributed by atoms with van der Waals surface area (Å²) in [5.41, 5.74) is 5.80. The molecular formula is C12H25N3O. The number of guanidine groups is 1. The smallest absolute Gasteiger partial charge is 0.188 e. The Morgan fingerprint density at radius 3 is 2.69 bits per heavy atom. The third-order valence-electron chi connectivity index (χ3n) is 3.21. The fourth-order valence-electron chi connectivity index (χ4n) is 1.62. The van der Waals surface area contributed by atoms with Gasteiger partial charge in [-0.3, -0.25) is 4.99 Å². The summed E-state index contributed by atoms with van der Waals surface area (Å²) in [4.78, 5) is 4.27. The first-order chi connectivity index (χ1) is 7.72. The number of nitrogens with zero attached hydrogens (tertiary/aromatic N) is 1. The zero-order chi connectivity index (χ0) is 11.9. The number of aliphatic hydroxyl groups excluding tert-OH is 1. The second-order valence-corrected chi connectivity index (χ2v) is 4.85. The minimum atomic E-state index is 0.0640. The summed E-state index contributed by atoms with van der Waals surface area (Å²) in [7, 11) is 0. The first kappa shape index (κ1) is 13.3. The summed E-state index contributed by atoms with van der Waals surface area (Å²) in [6.07, 6.45) is 7.09. The highest BCUT2D eigenvalue weighted by molar-refractivity contribution is 5.77. The van der Waals surface area contributed by atoms with Crippen molar-refractivity contribution < 1.29 is 5.11 Å². The molecule has 0 atom stereocenters. The molecule has 4 N–H and O–H groups in total. The Hall–Kier alpha value is -0.770. The Morgan fingerprint density at radius 2 is 2.12 bits per heavy atom. The summed E-state index contributed by atoms with van der Waals surface area (Å²) in [5, 5.41) is 12.2. The van der Waals surface area contributed by atoms with Crippen LogP contribution >= 0.6 is 0 Å². The van der Waals surface area contributed by atoms with E-state index in [2.05, 4.69) is 17.2 Å². The van der Waals surface area contributed by atoms with Gasteiger partial charge in [-0.25, -0.2) is 0 Å². The van der Waals surface area contributed by atoms with Gasteiger partial charge in [0, 0.05) is 12.0 Å². The van der Waals surface area contributed by atoms with Crippen LogP contribution in [0, 0.1) is 5.41 Å². The number of nitrogens with two attached hydrogens (primary N) is 1. The molecule has 94 valence electrons. The van der Waals surface area contributed by atoms with Crippen molar-refractivity contribution >= 4 is 5.96 Å². The Kier molecular flexibility index (Phi) is 5.60. The second-order valence-electron chi connectivity index (χ2n) is 4.85. The van der Waals surface area contributed by atoms with Crippen LogP contribution in [0.3, 0.4) is 0 Å². The van der Waals surface area contributed by atoms with Gasteiger partial charge in [0.2, 0.25) is 0 Å². The molecule has 4 nitrogen and oxygen atoms in total. The van der Waals surface area contributed by atoms with Crippen LogP contribution in [0.15, 0.2) is 4.99 Å². The van der Waals surface area contributed by atoms with Crippen molar-refractivity contribution in [2.75, 3.05) is 19.7 Å². The van der Waals surface area contributed by atoms with Gasteiger partial charge in [0.15, 0.2) is 5.96 Å². The van der Waals surface area contributed by atoms with Gasteiger partial charge >= 0.3 is 0 Å². The second kappa shape index (κ2) is 6.74.